The molecular formula is C9H11NO3S. The first kappa shape index (κ1) is 9.64. The van der Waals surface area contributed by atoms with Crippen molar-refractivity contribution < 1.29 is 13.2 Å². The predicted molar refractivity (Wildman–Crippen MR) is 51.4 cm³/mol. The normalized spacial score (nSPS) is 24.2. The standard InChI is InChI=1S/C9H11NO3S/c1-13-8-6-10-14(11,12)9-5-3-2-4-7(8)9/h2-5,8,10H,6H2,1H3. The molecule has 1 aromatic rings. The van der Waals surface area contributed by atoms with E-state index in [4.69, 9.17) is 4.74 Å². The maximum atomic E-state index is 11.6. The lowest BCUT2D eigenvalue weighted by atomic mass is 10.1. The molecule has 0 fully saturated rings. The molecule has 1 aromatic carbocycles. The molecule has 0 radical (unpaired) electrons. The van der Waals surface area contributed by atoms with Crippen molar-refractivity contribution in [1.29, 1.82) is 0 Å². The second kappa shape index (κ2) is 3.34. The van der Waals surface area contributed by atoms with E-state index < -0.39 is 10.0 Å². The van der Waals surface area contributed by atoms with Gasteiger partial charge in [-0.3, -0.25) is 0 Å². The molecule has 5 heteroatoms. The Morgan fingerprint density at radius 3 is 2.86 bits per heavy atom. The molecule has 0 aliphatic carbocycles. The van der Waals surface area contributed by atoms with E-state index in [0.717, 1.165) is 5.56 Å². The largest absolute Gasteiger partial charge is 0.375 e. The maximum Gasteiger partial charge on any atom is 0.241 e. The highest BCUT2D eigenvalue weighted by Gasteiger charge is 2.28. The Kier molecular flexibility index (Phi) is 2.30. The van der Waals surface area contributed by atoms with Gasteiger partial charge in [0, 0.05) is 19.2 Å². The van der Waals surface area contributed by atoms with Crippen molar-refractivity contribution in [3.05, 3.63) is 29.8 Å². The second-order valence-corrected chi connectivity index (χ2v) is 4.85. The van der Waals surface area contributed by atoms with Crippen LogP contribution >= 0.6 is 0 Å². The SMILES string of the molecule is COC1CNS(=O)(=O)c2ccccc21. The summed E-state index contributed by atoms with van der Waals surface area (Å²) in [6.07, 6.45) is -0.185. The zero-order valence-electron chi connectivity index (χ0n) is 7.73. The van der Waals surface area contributed by atoms with Crippen molar-refractivity contribution >= 4 is 10.0 Å². The Morgan fingerprint density at radius 2 is 2.14 bits per heavy atom. The molecule has 0 saturated heterocycles. The van der Waals surface area contributed by atoms with Crippen LogP contribution in [0.25, 0.3) is 0 Å². The van der Waals surface area contributed by atoms with Crippen molar-refractivity contribution in [1.82, 2.24) is 4.72 Å². The molecule has 1 aliphatic heterocycles. The minimum Gasteiger partial charge on any atom is -0.375 e. The van der Waals surface area contributed by atoms with Gasteiger partial charge in [0.1, 0.15) is 0 Å². The number of hydrogen-bond donors (Lipinski definition) is 1. The molecule has 0 amide bonds. The van der Waals surface area contributed by atoms with Crippen LogP contribution in [0, 0.1) is 0 Å². The molecular weight excluding hydrogens is 202 g/mol. The number of ether oxygens (including phenoxy) is 1. The summed E-state index contributed by atoms with van der Waals surface area (Å²) in [5, 5.41) is 0. The molecule has 0 aromatic heterocycles. The molecule has 1 N–H and O–H groups in total. The molecule has 0 saturated carbocycles. The monoisotopic (exact) mass is 213 g/mol. The summed E-state index contributed by atoms with van der Waals surface area (Å²) >= 11 is 0. The quantitative estimate of drug-likeness (QED) is 0.745. The fraction of sp³-hybridized carbons (Fsp3) is 0.333. The van der Waals surface area contributed by atoms with Gasteiger partial charge in [0.25, 0.3) is 0 Å². The van der Waals surface area contributed by atoms with Gasteiger partial charge in [-0.05, 0) is 6.07 Å². The Bertz CT molecular complexity index is 441. The van der Waals surface area contributed by atoms with Crippen molar-refractivity contribution in [3.63, 3.8) is 0 Å². The minimum atomic E-state index is -3.32. The van der Waals surface area contributed by atoms with E-state index in [-0.39, 0.29) is 6.10 Å². The van der Waals surface area contributed by atoms with Crippen molar-refractivity contribution in [2.75, 3.05) is 13.7 Å². The lowest BCUT2D eigenvalue weighted by molar-refractivity contribution is 0.102. The summed E-state index contributed by atoms with van der Waals surface area (Å²) in [5.41, 5.74) is 0.730. The van der Waals surface area contributed by atoms with Crippen molar-refractivity contribution in [2.45, 2.75) is 11.0 Å². The Balaban J connectivity index is 2.61. The Labute approximate surface area is 82.9 Å². The average Bonchev–Trinajstić information content (AvgIpc) is 2.18. The van der Waals surface area contributed by atoms with Gasteiger partial charge in [0.05, 0.1) is 11.0 Å². The van der Waals surface area contributed by atoms with Crippen LogP contribution < -0.4 is 4.72 Å². The highest BCUT2D eigenvalue weighted by molar-refractivity contribution is 7.89. The van der Waals surface area contributed by atoms with Crippen LogP contribution in [0.15, 0.2) is 29.2 Å². The van der Waals surface area contributed by atoms with E-state index in [1.54, 1.807) is 25.3 Å². The van der Waals surface area contributed by atoms with Crippen molar-refractivity contribution in [2.24, 2.45) is 0 Å². The molecule has 0 spiro atoms. The lowest BCUT2D eigenvalue weighted by Gasteiger charge is -2.24. The van der Waals surface area contributed by atoms with Gasteiger partial charge in [-0.2, -0.15) is 0 Å². The van der Waals surface area contributed by atoms with Crippen LogP contribution in [0.3, 0.4) is 0 Å². The minimum absolute atomic E-state index is 0.185. The number of nitrogens with one attached hydrogen (secondary N) is 1. The molecule has 2 rings (SSSR count). The second-order valence-electron chi connectivity index (χ2n) is 3.11. The van der Waals surface area contributed by atoms with Crippen LogP contribution in [-0.4, -0.2) is 22.1 Å². The van der Waals surface area contributed by atoms with E-state index in [1.165, 1.54) is 0 Å². The lowest BCUT2D eigenvalue weighted by Crippen LogP contribution is -2.35. The smallest absolute Gasteiger partial charge is 0.241 e. The van der Waals surface area contributed by atoms with Gasteiger partial charge in [-0.25, -0.2) is 13.1 Å². The number of fused-ring (bicyclic) bond motifs is 1. The molecule has 4 nitrogen and oxygen atoms in total. The molecule has 14 heavy (non-hydrogen) atoms. The van der Waals surface area contributed by atoms with Crippen LogP contribution in [0.2, 0.25) is 0 Å². The molecule has 76 valence electrons. The first-order chi connectivity index (χ1) is 6.65. The first-order valence-corrected chi connectivity index (χ1v) is 5.75. The zero-order chi connectivity index (χ0) is 10.2. The fourth-order valence-corrected chi connectivity index (χ4v) is 2.87. The van der Waals surface area contributed by atoms with Gasteiger partial charge in [0.2, 0.25) is 10.0 Å². The fourth-order valence-electron chi connectivity index (χ4n) is 1.57. The molecule has 1 atom stereocenters. The summed E-state index contributed by atoms with van der Waals surface area (Å²) < 4.78 is 30.8. The third-order valence-electron chi connectivity index (χ3n) is 2.30. The van der Waals surface area contributed by atoms with E-state index in [2.05, 4.69) is 4.72 Å². The van der Waals surface area contributed by atoms with Gasteiger partial charge >= 0.3 is 0 Å². The third kappa shape index (κ3) is 1.43. The van der Waals surface area contributed by atoms with Crippen LogP contribution in [-0.2, 0) is 14.8 Å². The highest BCUT2D eigenvalue weighted by Crippen LogP contribution is 2.27. The summed E-state index contributed by atoms with van der Waals surface area (Å²) in [6.45, 7) is 0.301. The summed E-state index contributed by atoms with van der Waals surface area (Å²) in [5.74, 6) is 0. The van der Waals surface area contributed by atoms with Crippen LogP contribution in [0.4, 0.5) is 0 Å². The Hall–Kier alpha value is -0.910. The topological polar surface area (TPSA) is 55.4 Å². The highest BCUT2D eigenvalue weighted by atomic mass is 32.2. The van der Waals surface area contributed by atoms with E-state index in [1.807, 2.05) is 6.07 Å². The predicted octanol–water partition coefficient (Wildman–Crippen LogP) is 0.666. The van der Waals surface area contributed by atoms with Gasteiger partial charge < -0.3 is 4.74 Å². The number of hydrogen-bond acceptors (Lipinski definition) is 3. The third-order valence-corrected chi connectivity index (χ3v) is 3.80. The van der Waals surface area contributed by atoms with Crippen molar-refractivity contribution in [3.8, 4) is 0 Å². The van der Waals surface area contributed by atoms with Gasteiger partial charge in [-0.1, -0.05) is 18.2 Å². The van der Waals surface area contributed by atoms with Gasteiger partial charge in [0.15, 0.2) is 0 Å². The van der Waals surface area contributed by atoms with E-state index >= 15 is 0 Å². The molecule has 1 aliphatic rings. The average molecular weight is 213 g/mol. The summed E-state index contributed by atoms with van der Waals surface area (Å²) in [6, 6.07) is 6.88. The summed E-state index contributed by atoms with van der Waals surface area (Å²) in [7, 11) is -1.74. The van der Waals surface area contributed by atoms with E-state index in [0.29, 0.717) is 11.4 Å². The summed E-state index contributed by atoms with van der Waals surface area (Å²) in [4.78, 5) is 0.318. The number of sulfonamides is 1. The number of benzene rings is 1. The van der Waals surface area contributed by atoms with Gasteiger partial charge in [-0.15, -0.1) is 0 Å². The first-order valence-electron chi connectivity index (χ1n) is 4.26. The van der Waals surface area contributed by atoms with E-state index in [9.17, 15) is 8.42 Å². The molecule has 1 unspecified atom stereocenters. The van der Waals surface area contributed by atoms with Crippen LogP contribution in [0.5, 0.6) is 0 Å². The zero-order valence-corrected chi connectivity index (χ0v) is 8.54. The van der Waals surface area contributed by atoms with Crippen LogP contribution in [0.1, 0.15) is 11.7 Å². The number of rotatable bonds is 1. The molecule has 1 heterocycles. The molecule has 0 bridgehead atoms. The Morgan fingerprint density at radius 1 is 1.43 bits per heavy atom. The maximum absolute atomic E-state index is 11.6. The number of methoxy groups -OCH3 is 1.